The number of aryl methyl sites for hydroxylation is 1. The number of nitrogens with one attached hydrogen (secondary N) is 2. The summed E-state index contributed by atoms with van der Waals surface area (Å²) in [6, 6.07) is 16.0. The number of benzene rings is 2. The molecule has 0 bridgehead atoms. The van der Waals surface area contributed by atoms with Crippen molar-refractivity contribution in [2.24, 2.45) is 7.05 Å². The number of aromatic nitrogens is 2. The van der Waals surface area contributed by atoms with Crippen LogP contribution in [-0.2, 0) is 7.05 Å². The lowest BCUT2D eigenvalue weighted by Crippen LogP contribution is -2.34. The third kappa shape index (κ3) is 3.75. The monoisotopic (exact) mass is 340 g/mol. The lowest BCUT2D eigenvalue weighted by Gasteiger charge is -2.19. The molecule has 5 nitrogen and oxygen atoms in total. The predicted octanol–water partition coefficient (Wildman–Crippen LogP) is 3.98. The van der Waals surface area contributed by atoms with Gasteiger partial charge in [0.05, 0.1) is 0 Å². The summed E-state index contributed by atoms with van der Waals surface area (Å²) in [7, 11) is 1.90. The van der Waals surface area contributed by atoms with Gasteiger partial charge in [0.1, 0.15) is 11.9 Å². The van der Waals surface area contributed by atoms with Gasteiger partial charge in [-0.2, -0.15) is 0 Å². The number of nitrogens with zero attached hydrogens (tertiary/aromatic N) is 2. The molecule has 1 aromatic heterocycles. The number of hydrogen-bond donors (Lipinski definition) is 2. The minimum absolute atomic E-state index is 0.325. The standard InChI is InChI=1S/C18H17ClN4O/c1-23-11-10-20-17(23)16(13-6-3-2-4-7-13)22-18(24)21-15-9-5-8-14(19)12-15/h2-12,16H,1H3,(H2,21,22,24)/t16-/m1/s1. The Morgan fingerprint density at radius 1 is 1.17 bits per heavy atom. The largest absolute Gasteiger partial charge is 0.336 e. The average molecular weight is 341 g/mol. The SMILES string of the molecule is Cn1ccnc1[C@H](NC(=O)Nc1cccc(Cl)c1)c1ccccc1. The van der Waals surface area contributed by atoms with Crippen LogP contribution >= 0.6 is 11.6 Å². The highest BCUT2D eigenvalue weighted by Crippen LogP contribution is 2.21. The van der Waals surface area contributed by atoms with Crippen molar-refractivity contribution in [2.75, 3.05) is 5.32 Å². The van der Waals surface area contributed by atoms with Gasteiger partial charge in [-0.25, -0.2) is 9.78 Å². The minimum atomic E-state index is -0.356. The van der Waals surface area contributed by atoms with E-state index < -0.39 is 0 Å². The molecule has 3 rings (SSSR count). The zero-order valence-electron chi connectivity index (χ0n) is 13.1. The van der Waals surface area contributed by atoms with Gasteiger partial charge in [-0.1, -0.05) is 48.0 Å². The first-order valence-corrected chi connectivity index (χ1v) is 7.86. The van der Waals surface area contributed by atoms with Crippen LogP contribution in [0.25, 0.3) is 0 Å². The molecule has 0 aliphatic heterocycles. The van der Waals surface area contributed by atoms with E-state index in [1.165, 1.54) is 0 Å². The van der Waals surface area contributed by atoms with Gasteiger partial charge in [-0.05, 0) is 23.8 Å². The molecular weight excluding hydrogens is 324 g/mol. The minimum Gasteiger partial charge on any atom is -0.336 e. The van der Waals surface area contributed by atoms with Gasteiger partial charge in [-0.3, -0.25) is 0 Å². The highest BCUT2D eigenvalue weighted by atomic mass is 35.5. The second-order valence-electron chi connectivity index (χ2n) is 5.35. The molecule has 0 saturated carbocycles. The zero-order valence-corrected chi connectivity index (χ0v) is 13.9. The van der Waals surface area contributed by atoms with Crippen LogP contribution in [0.5, 0.6) is 0 Å². The Balaban J connectivity index is 1.82. The van der Waals surface area contributed by atoms with E-state index in [0.29, 0.717) is 10.7 Å². The van der Waals surface area contributed by atoms with Crippen LogP contribution in [0.2, 0.25) is 5.02 Å². The van der Waals surface area contributed by atoms with Crippen LogP contribution in [0.1, 0.15) is 17.4 Å². The number of anilines is 1. The predicted molar refractivity (Wildman–Crippen MR) is 95.1 cm³/mol. The van der Waals surface area contributed by atoms with Crippen molar-refractivity contribution in [3.8, 4) is 0 Å². The number of amides is 2. The molecule has 3 aromatic rings. The third-order valence-electron chi connectivity index (χ3n) is 3.61. The van der Waals surface area contributed by atoms with E-state index in [4.69, 9.17) is 11.6 Å². The molecule has 0 unspecified atom stereocenters. The molecule has 0 aliphatic carbocycles. The van der Waals surface area contributed by atoms with Crippen LogP contribution in [0.4, 0.5) is 10.5 Å². The van der Waals surface area contributed by atoms with Gasteiger partial charge in [0.15, 0.2) is 0 Å². The average Bonchev–Trinajstić information content (AvgIpc) is 2.99. The van der Waals surface area contributed by atoms with Gasteiger partial charge >= 0.3 is 6.03 Å². The highest BCUT2D eigenvalue weighted by molar-refractivity contribution is 6.30. The van der Waals surface area contributed by atoms with Crippen molar-refractivity contribution in [1.29, 1.82) is 0 Å². The lowest BCUT2D eigenvalue weighted by molar-refractivity contribution is 0.249. The lowest BCUT2D eigenvalue weighted by atomic mass is 10.1. The Morgan fingerprint density at radius 3 is 2.62 bits per heavy atom. The van der Waals surface area contributed by atoms with Crippen LogP contribution in [0.3, 0.4) is 0 Å². The van der Waals surface area contributed by atoms with Crippen molar-refractivity contribution >= 4 is 23.3 Å². The van der Waals surface area contributed by atoms with Gasteiger partial charge in [-0.15, -0.1) is 0 Å². The third-order valence-corrected chi connectivity index (χ3v) is 3.84. The number of rotatable bonds is 4. The Kier molecular flexibility index (Phi) is 4.82. The number of urea groups is 1. The second kappa shape index (κ2) is 7.19. The first-order chi connectivity index (χ1) is 11.6. The van der Waals surface area contributed by atoms with Crippen molar-refractivity contribution in [1.82, 2.24) is 14.9 Å². The van der Waals surface area contributed by atoms with E-state index in [2.05, 4.69) is 15.6 Å². The van der Waals surface area contributed by atoms with E-state index in [-0.39, 0.29) is 12.1 Å². The summed E-state index contributed by atoms with van der Waals surface area (Å²) in [6.45, 7) is 0. The molecule has 1 heterocycles. The maximum atomic E-state index is 12.4. The fourth-order valence-corrected chi connectivity index (χ4v) is 2.65. The fourth-order valence-electron chi connectivity index (χ4n) is 2.46. The molecule has 6 heteroatoms. The van der Waals surface area contributed by atoms with Crippen molar-refractivity contribution in [3.63, 3.8) is 0 Å². The Morgan fingerprint density at radius 2 is 1.96 bits per heavy atom. The molecule has 0 spiro atoms. The highest BCUT2D eigenvalue weighted by Gasteiger charge is 2.20. The summed E-state index contributed by atoms with van der Waals surface area (Å²) >= 11 is 5.95. The Hall–Kier alpha value is -2.79. The fraction of sp³-hybridized carbons (Fsp3) is 0.111. The van der Waals surface area contributed by atoms with Crippen LogP contribution in [0, 0.1) is 0 Å². The molecule has 0 aliphatic rings. The quantitative estimate of drug-likeness (QED) is 0.754. The molecule has 122 valence electrons. The summed E-state index contributed by atoms with van der Waals surface area (Å²) in [5.74, 6) is 0.752. The first kappa shape index (κ1) is 16.1. The van der Waals surface area contributed by atoms with Crippen LogP contribution in [-0.4, -0.2) is 15.6 Å². The summed E-state index contributed by atoms with van der Waals surface area (Å²) in [5.41, 5.74) is 1.58. The molecule has 0 fully saturated rings. The molecule has 24 heavy (non-hydrogen) atoms. The maximum absolute atomic E-state index is 12.4. The number of carbonyl (C=O) groups excluding carboxylic acids is 1. The Bertz CT molecular complexity index is 832. The van der Waals surface area contributed by atoms with Crippen LogP contribution in [0.15, 0.2) is 67.0 Å². The van der Waals surface area contributed by atoms with Crippen LogP contribution < -0.4 is 10.6 Å². The normalized spacial score (nSPS) is 11.8. The second-order valence-corrected chi connectivity index (χ2v) is 5.79. The van der Waals surface area contributed by atoms with Gasteiger partial charge in [0.2, 0.25) is 0 Å². The van der Waals surface area contributed by atoms with Crippen molar-refractivity contribution in [3.05, 3.63) is 83.4 Å². The number of hydrogen-bond acceptors (Lipinski definition) is 2. The smallest absolute Gasteiger partial charge is 0.320 e. The molecule has 0 radical (unpaired) electrons. The molecule has 2 amide bonds. The summed E-state index contributed by atoms with van der Waals surface area (Å²) in [6.07, 6.45) is 3.56. The maximum Gasteiger partial charge on any atom is 0.320 e. The van der Waals surface area contributed by atoms with Crippen molar-refractivity contribution < 1.29 is 4.79 Å². The summed E-state index contributed by atoms with van der Waals surface area (Å²) in [5, 5.41) is 6.33. The molecular formula is C18H17ClN4O. The number of carbonyl (C=O) groups is 1. The van der Waals surface area contributed by atoms with E-state index >= 15 is 0 Å². The van der Waals surface area contributed by atoms with E-state index in [1.54, 1.807) is 30.5 Å². The topological polar surface area (TPSA) is 59.0 Å². The van der Waals surface area contributed by atoms with E-state index in [1.807, 2.05) is 48.1 Å². The molecule has 0 saturated heterocycles. The molecule has 2 N–H and O–H groups in total. The zero-order chi connectivity index (χ0) is 16.9. The van der Waals surface area contributed by atoms with Gasteiger partial charge in [0, 0.05) is 30.2 Å². The number of imidazole rings is 1. The van der Waals surface area contributed by atoms with Gasteiger partial charge in [0.25, 0.3) is 0 Å². The molecule has 2 aromatic carbocycles. The van der Waals surface area contributed by atoms with Crippen molar-refractivity contribution in [2.45, 2.75) is 6.04 Å². The first-order valence-electron chi connectivity index (χ1n) is 7.49. The number of halogens is 1. The van der Waals surface area contributed by atoms with Gasteiger partial charge < -0.3 is 15.2 Å². The molecule has 1 atom stereocenters. The summed E-state index contributed by atoms with van der Waals surface area (Å²) < 4.78 is 1.89. The summed E-state index contributed by atoms with van der Waals surface area (Å²) in [4.78, 5) is 16.8. The van der Waals surface area contributed by atoms with E-state index in [0.717, 1.165) is 11.4 Å². The Labute approximate surface area is 145 Å². The van der Waals surface area contributed by atoms with E-state index in [9.17, 15) is 4.79 Å².